The monoisotopic (exact) mass is 420 g/mol. The van der Waals surface area contributed by atoms with Crippen LogP contribution in [0.4, 0.5) is 49.6 Å². The molecule has 150 valence electrons. The maximum absolute atomic E-state index is 14.0. The number of rotatable bonds is 3. The third-order valence-electron chi connectivity index (χ3n) is 3.16. The van der Waals surface area contributed by atoms with Crippen molar-refractivity contribution in [2.45, 2.75) is 18.0 Å². The Balaban J connectivity index is 3.77. The maximum atomic E-state index is 14.0. The minimum Gasteiger partial charge on any atom is -0.507 e. The van der Waals surface area contributed by atoms with Crippen molar-refractivity contribution in [3.63, 3.8) is 0 Å². The number of aliphatic hydroxyl groups excluding tert-OH is 1. The number of aliphatic hydroxyl groups is 1. The van der Waals surface area contributed by atoms with E-state index in [0.29, 0.717) is 0 Å². The van der Waals surface area contributed by atoms with Gasteiger partial charge >= 0.3 is 18.0 Å². The molecule has 0 fully saturated rings. The number of allylic oxidation sites excluding steroid dienone is 1. The van der Waals surface area contributed by atoms with E-state index in [1.54, 1.807) is 0 Å². The first-order chi connectivity index (χ1) is 12.6. The molecule has 0 saturated carbocycles. The van der Waals surface area contributed by atoms with E-state index in [4.69, 9.17) is 11.8 Å². The van der Waals surface area contributed by atoms with Crippen LogP contribution >= 0.6 is 0 Å². The third kappa shape index (κ3) is 3.33. The number of nitriles is 1. The van der Waals surface area contributed by atoms with Crippen LogP contribution in [0.5, 0.6) is 0 Å². The fourth-order valence-corrected chi connectivity index (χ4v) is 1.82. The fourth-order valence-electron chi connectivity index (χ4n) is 1.82. The van der Waals surface area contributed by atoms with Crippen molar-refractivity contribution >= 4 is 17.2 Å². The van der Waals surface area contributed by atoms with Gasteiger partial charge in [-0.1, -0.05) is 0 Å². The Kier molecular flexibility index (Phi) is 5.71. The molecule has 0 unspecified atom stereocenters. The number of hydrogen-bond donors (Lipinski definition) is 1. The van der Waals surface area contributed by atoms with Crippen molar-refractivity contribution in [1.82, 2.24) is 0 Å². The number of hydrogen-bond acceptors (Lipinski definition) is 3. The summed E-state index contributed by atoms with van der Waals surface area (Å²) in [6, 6.07) is 0.857. The molecule has 0 aliphatic rings. The van der Waals surface area contributed by atoms with Gasteiger partial charge in [0.05, 0.1) is 23.8 Å². The van der Waals surface area contributed by atoms with Crippen LogP contribution in [0.25, 0.3) is 10.6 Å². The average molecular weight is 420 g/mol. The van der Waals surface area contributed by atoms with E-state index >= 15 is 0 Å². The summed E-state index contributed by atoms with van der Waals surface area (Å²) in [5.41, 5.74) is -11.8. The Labute approximate surface area is 147 Å². The molecule has 4 nitrogen and oxygen atoms in total. The average Bonchev–Trinajstić information content (AvgIpc) is 2.54. The molecular formula is C14H2F10N2O2. The zero-order valence-electron chi connectivity index (χ0n) is 12.6. The first-order valence-electron chi connectivity index (χ1n) is 6.32. The van der Waals surface area contributed by atoms with Gasteiger partial charge < -0.3 is 5.11 Å². The van der Waals surface area contributed by atoms with E-state index in [1.807, 2.05) is 0 Å². The van der Waals surface area contributed by atoms with Crippen molar-refractivity contribution in [3.05, 3.63) is 46.1 Å². The van der Waals surface area contributed by atoms with Crippen LogP contribution in [-0.4, -0.2) is 28.9 Å². The van der Waals surface area contributed by atoms with Gasteiger partial charge in [0.2, 0.25) is 11.5 Å². The second-order valence-electron chi connectivity index (χ2n) is 4.81. The highest BCUT2D eigenvalue weighted by Crippen LogP contribution is 2.47. The molecule has 0 spiro atoms. The number of halogens is 10. The fraction of sp³-hybridized carbons (Fsp3) is 0.214. The molecular weight excluding hydrogens is 418 g/mol. The van der Waals surface area contributed by atoms with Gasteiger partial charge in [0, 0.05) is 6.08 Å². The summed E-state index contributed by atoms with van der Waals surface area (Å²) >= 11 is 0. The topological polar surface area (TPSA) is 65.4 Å². The molecule has 0 aliphatic heterocycles. The van der Waals surface area contributed by atoms with Gasteiger partial charge in [-0.3, -0.25) is 4.79 Å². The summed E-state index contributed by atoms with van der Waals surface area (Å²) in [5, 5.41) is 18.0. The summed E-state index contributed by atoms with van der Waals surface area (Å²) in [4.78, 5) is 13.5. The lowest BCUT2D eigenvalue weighted by Crippen LogP contribution is -2.58. The molecule has 0 amide bonds. The standard InChI is InChI=1S/C14H2F10N2O2/c1-26-11-4(3-25)8(15)7(9(16)10(11)17)5(27)2-6(28)12(18,13(19,20)21)14(22,23)24/h2,27H/b5-2-. The minimum absolute atomic E-state index is 0.857. The molecule has 0 heterocycles. The molecule has 0 aromatic heterocycles. The van der Waals surface area contributed by atoms with Crippen LogP contribution in [0, 0.1) is 35.4 Å². The van der Waals surface area contributed by atoms with Crippen LogP contribution in [0.15, 0.2) is 6.08 Å². The highest BCUT2D eigenvalue weighted by atomic mass is 19.4. The SMILES string of the molecule is [C-]#[N+]c1c(F)c(F)c(/C(O)=C/C(=O)C(F)(C(F)(F)F)C(F)(F)F)c(F)c1C#N. The number of nitrogens with zero attached hydrogens (tertiary/aromatic N) is 2. The Morgan fingerprint density at radius 1 is 1.00 bits per heavy atom. The lowest BCUT2D eigenvalue weighted by atomic mass is 9.96. The number of ketones is 1. The van der Waals surface area contributed by atoms with Crippen LogP contribution in [-0.2, 0) is 4.79 Å². The van der Waals surface area contributed by atoms with Gasteiger partial charge in [-0.25, -0.2) is 22.4 Å². The molecule has 1 aromatic carbocycles. The second-order valence-corrected chi connectivity index (χ2v) is 4.81. The van der Waals surface area contributed by atoms with E-state index in [9.17, 15) is 53.8 Å². The Morgan fingerprint density at radius 3 is 1.82 bits per heavy atom. The van der Waals surface area contributed by atoms with Gasteiger partial charge in [-0.2, -0.15) is 31.6 Å². The molecule has 0 atom stereocenters. The Hall–Kier alpha value is -3.29. The van der Waals surface area contributed by atoms with E-state index in [2.05, 4.69) is 4.85 Å². The molecule has 14 heteroatoms. The van der Waals surface area contributed by atoms with Crippen molar-refractivity contribution in [1.29, 1.82) is 5.26 Å². The quantitative estimate of drug-likeness (QED) is 0.251. The van der Waals surface area contributed by atoms with E-state index in [0.717, 1.165) is 6.07 Å². The van der Waals surface area contributed by atoms with Crippen LogP contribution in [0.3, 0.4) is 0 Å². The van der Waals surface area contributed by atoms with Gasteiger partial charge in [-0.05, 0) is 0 Å². The minimum atomic E-state index is -6.88. The smallest absolute Gasteiger partial charge is 0.439 e. The van der Waals surface area contributed by atoms with Crippen molar-refractivity contribution in [2.24, 2.45) is 0 Å². The molecule has 1 aromatic rings. The summed E-state index contributed by atoms with van der Waals surface area (Å²) in [7, 11) is 0. The lowest BCUT2D eigenvalue weighted by molar-refractivity contribution is -0.323. The first kappa shape index (κ1) is 22.8. The van der Waals surface area contributed by atoms with Gasteiger partial charge in [0.15, 0.2) is 11.6 Å². The number of carbonyl (C=O) groups is 1. The van der Waals surface area contributed by atoms with Crippen LogP contribution < -0.4 is 0 Å². The third-order valence-corrected chi connectivity index (χ3v) is 3.16. The van der Waals surface area contributed by atoms with Crippen molar-refractivity contribution in [2.75, 3.05) is 0 Å². The Bertz CT molecular complexity index is 934. The summed E-state index contributed by atoms with van der Waals surface area (Å²) in [6.07, 6.45) is -14.9. The van der Waals surface area contributed by atoms with Gasteiger partial charge in [0.25, 0.3) is 0 Å². The van der Waals surface area contributed by atoms with Crippen molar-refractivity contribution < 1.29 is 53.8 Å². The first-order valence-corrected chi connectivity index (χ1v) is 6.32. The summed E-state index contributed by atoms with van der Waals surface area (Å²) < 4.78 is 130. The van der Waals surface area contributed by atoms with Crippen molar-refractivity contribution in [3.8, 4) is 6.07 Å². The summed E-state index contributed by atoms with van der Waals surface area (Å²) in [6.45, 7) is 6.50. The van der Waals surface area contributed by atoms with Crippen LogP contribution in [0.1, 0.15) is 11.1 Å². The van der Waals surface area contributed by atoms with Crippen LogP contribution in [0.2, 0.25) is 0 Å². The molecule has 0 saturated heterocycles. The van der Waals surface area contributed by atoms with E-state index < -0.39 is 69.9 Å². The number of carbonyl (C=O) groups excluding carboxylic acids is 1. The zero-order chi connectivity index (χ0) is 22.2. The number of benzene rings is 1. The highest BCUT2D eigenvalue weighted by Gasteiger charge is 2.76. The maximum Gasteiger partial charge on any atom is 0.439 e. The summed E-state index contributed by atoms with van der Waals surface area (Å²) in [5.74, 6) is -13.0. The zero-order valence-corrected chi connectivity index (χ0v) is 12.6. The predicted octanol–water partition coefficient (Wildman–Crippen LogP) is 4.83. The van der Waals surface area contributed by atoms with E-state index in [-0.39, 0.29) is 0 Å². The van der Waals surface area contributed by atoms with E-state index in [1.165, 1.54) is 0 Å². The molecule has 1 rings (SSSR count). The largest absolute Gasteiger partial charge is 0.507 e. The normalized spacial score (nSPS) is 13.1. The number of alkyl halides is 7. The molecule has 0 aliphatic carbocycles. The molecule has 28 heavy (non-hydrogen) atoms. The van der Waals surface area contributed by atoms with Gasteiger partial charge in [0.1, 0.15) is 11.6 Å². The Morgan fingerprint density at radius 2 is 1.46 bits per heavy atom. The molecule has 1 N–H and O–H groups in total. The molecule has 0 bridgehead atoms. The van der Waals surface area contributed by atoms with Gasteiger partial charge in [-0.15, -0.1) is 0 Å². The predicted molar refractivity (Wildman–Crippen MR) is 68.9 cm³/mol. The highest BCUT2D eigenvalue weighted by molar-refractivity contribution is 6.02. The molecule has 0 radical (unpaired) electrons. The lowest BCUT2D eigenvalue weighted by Gasteiger charge is -2.27. The second kappa shape index (κ2) is 7.03.